The van der Waals surface area contributed by atoms with Crippen molar-refractivity contribution < 1.29 is 0 Å². The predicted octanol–water partition coefficient (Wildman–Crippen LogP) is 3.63. The molecule has 0 bridgehead atoms. The summed E-state index contributed by atoms with van der Waals surface area (Å²) in [7, 11) is 0. The third-order valence-corrected chi connectivity index (χ3v) is 3.71. The van der Waals surface area contributed by atoms with Gasteiger partial charge in [0.25, 0.3) is 0 Å². The molecule has 1 aromatic carbocycles. The van der Waals surface area contributed by atoms with E-state index in [1.165, 1.54) is 5.56 Å². The Labute approximate surface area is 136 Å². The molecule has 1 N–H and O–H groups in total. The molecule has 0 aliphatic heterocycles. The first kappa shape index (κ1) is 14.0. The molecule has 21 heavy (non-hydrogen) atoms. The molecule has 106 valence electrons. The Kier molecular flexibility index (Phi) is 4.14. The molecule has 1 atom stereocenters. The summed E-state index contributed by atoms with van der Waals surface area (Å²) in [5.41, 5.74) is 2.09. The van der Waals surface area contributed by atoms with Crippen LogP contribution in [0.15, 0.2) is 55.1 Å². The summed E-state index contributed by atoms with van der Waals surface area (Å²) in [4.78, 5) is 8.44. The van der Waals surface area contributed by atoms with Gasteiger partial charge in [0.1, 0.15) is 0 Å². The van der Waals surface area contributed by atoms with Gasteiger partial charge in [-0.3, -0.25) is 4.68 Å². The lowest BCUT2D eigenvalue weighted by Crippen LogP contribution is -2.06. The van der Waals surface area contributed by atoms with Crippen LogP contribution < -0.4 is 5.32 Å². The van der Waals surface area contributed by atoms with Crippen molar-refractivity contribution in [1.29, 1.82) is 0 Å². The number of hydrogen-bond acceptors (Lipinski definition) is 4. The first-order valence-electron chi connectivity index (χ1n) is 6.56. The van der Waals surface area contributed by atoms with Crippen LogP contribution in [0.25, 0.3) is 0 Å². The third-order valence-electron chi connectivity index (χ3n) is 3.16. The zero-order valence-corrected chi connectivity index (χ0v) is 13.6. The standard InChI is InChI=1S/C15H14IN5/c1-11(12-5-3-2-4-6-12)21-10-14(9-19-21)20-15-17-7-13(16)8-18-15/h2-11H,1H3,(H,17,18,20). The molecule has 0 aliphatic carbocycles. The van der Waals surface area contributed by atoms with Crippen molar-refractivity contribution in [2.24, 2.45) is 0 Å². The maximum absolute atomic E-state index is 4.40. The highest BCUT2D eigenvalue weighted by molar-refractivity contribution is 14.1. The highest BCUT2D eigenvalue weighted by Crippen LogP contribution is 2.19. The molecule has 0 spiro atoms. The van der Waals surface area contributed by atoms with Crippen LogP contribution in [0.1, 0.15) is 18.5 Å². The van der Waals surface area contributed by atoms with E-state index < -0.39 is 0 Å². The normalized spacial score (nSPS) is 12.1. The minimum atomic E-state index is 0.180. The molecule has 0 amide bonds. The van der Waals surface area contributed by atoms with Crippen LogP contribution in [0.5, 0.6) is 0 Å². The van der Waals surface area contributed by atoms with Gasteiger partial charge in [0, 0.05) is 22.2 Å². The molecule has 3 rings (SSSR count). The third kappa shape index (κ3) is 3.38. The summed E-state index contributed by atoms with van der Waals surface area (Å²) in [6.07, 6.45) is 7.28. The van der Waals surface area contributed by atoms with Crippen LogP contribution in [-0.2, 0) is 0 Å². The number of nitrogens with one attached hydrogen (secondary N) is 1. The molecule has 0 fully saturated rings. The first-order valence-corrected chi connectivity index (χ1v) is 7.64. The molecular weight excluding hydrogens is 377 g/mol. The first-order chi connectivity index (χ1) is 10.2. The maximum atomic E-state index is 4.40. The molecule has 3 aromatic rings. The highest BCUT2D eigenvalue weighted by Gasteiger charge is 2.09. The Hall–Kier alpha value is -1.96. The number of benzene rings is 1. The highest BCUT2D eigenvalue weighted by atomic mass is 127. The smallest absolute Gasteiger partial charge is 0.227 e. The Morgan fingerprint density at radius 2 is 1.81 bits per heavy atom. The number of aromatic nitrogens is 4. The van der Waals surface area contributed by atoms with E-state index in [4.69, 9.17) is 0 Å². The summed E-state index contributed by atoms with van der Waals surface area (Å²) in [6, 6.07) is 10.5. The van der Waals surface area contributed by atoms with Crippen LogP contribution in [0.3, 0.4) is 0 Å². The lowest BCUT2D eigenvalue weighted by Gasteiger charge is -2.12. The quantitative estimate of drug-likeness (QED) is 0.691. The van der Waals surface area contributed by atoms with Crippen LogP contribution in [0.2, 0.25) is 0 Å². The van der Waals surface area contributed by atoms with Gasteiger partial charge in [0.05, 0.1) is 17.9 Å². The van der Waals surface area contributed by atoms with E-state index in [1.54, 1.807) is 18.6 Å². The van der Waals surface area contributed by atoms with E-state index in [0.717, 1.165) is 9.26 Å². The Morgan fingerprint density at radius 3 is 2.52 bits per heavy atom. The van der Waals surface area contributed by atoms with Crippen molar-refractivity contribution in [1.82, 2.24) is 19.7 Å². The topological polar surface area (TPSA) is 55.6 Å². The maximum Gasteiger partial charge on any atom is 0.227 e. The second-order valence-electron chi connectivity index (χ2n) is 4.65. The largest absolute Gasteiger partial charge is 0.321 e. The van der Waals surface area contributed by atoms with Crippen molar-refractivity contribution in [2.45, 2.75) is 13.0 Å². The molecule has 1 unspecified atom stereocenters. The second-order valence-corrected chi connectivity index (χ2v) is 5.89. The van der Waals surface area contributed by atoms with Crippen molar-refractivity contribution in [3.63, 3.8) is 0 Å². The minimum absolute atomic E-state index is 0.180. The fourth-order valence-electron chi connectivity index (χ4n) is 2.00. The van der Waals surface area contributed by atoms with Gasteiger partial charge in [-0.25, -0.2) is 9.97 Å². The van der Waals surface area contributed by atoms with Gasteiger partial charge in [-0.05, 0) is 35.1 Å². The van der Waals surface area contributed by atoms with E-state index in [2.05, 4.69) is 62.0 Å². The number of hydrogen-bond donors (Lipinski definition) is 1. The Morgan fingerprint density at radius 1 is 1.10 bits per heavy atom. The number of rotatable bonds is 4. The second kappa shape index (κ2) is 6.21. The average Bonchev–Trinajstić information content (AvgIpc) is 2.98. The van der Waals surface area contributed by atoms with Gasteiger partial charge in [-0.1, -0.05) is 30.3 Å². The van der Waals surface area contributed by atoms with E-state index in [-0.39, 0.29) is 6.04 Å². The fourth-order valence-corrected chi connectivity index (χ4v) is 2.28. The van der Waals surface area contributed by atoms with Gasteiger partial charge in [0.2, 0.25) is 5.95 Å². The molecule has 0 aliphatic rings. The van der Waals surface area contributed by atoms with Crippen molar-refractivity contribution in [2.75, 3.05) is 5.32 Å². The van der Waals surface area contributed by atoms with Gasteiger partial charge >= 0.3 is 0 Å². The summed E-state index contributed by atoms with van der Waals surface area (Å²) in [5, 5.41) is 7.55. The number of halogens is 1. The van der Waals surface area contributed by atoms with E-state index in [1.807, 2.05) is 29.1 Å². The monoisotopic (exact) mass is 391 g/mol. The summed E-state index contributed by atoms with van der Waals surface area (Å²) < 4.78 is 2.93. The van der Waals surface area contributed by atoms with E-state index >= 15 is 0 Å². The van der Waals surface area contributed by atoms with Gasteiger partial charge < -0.3 is 5.32 Å². The number of anilines is 2. The van der Waals surface area contributed by atoms with E-state index in [0.29, 0.717) is 5.95 Å². The van der Waals surface area contributed by atoms with Crippen LogP contribution in [0.4, 0.5) is 11.6 Å². The molecule has 2 aromatic heterocycles. The average molecular weight is 391 g/mol. The fraction of sp³-hybridized carbons (Fsp3) is 0.133. The lowest BCUT2D eigenvalue weighted by molar-refractivity contribution is 0.565. The predicted molar refractivity (Wildman–Crippen MR) is 90.5 cm³/mol. The molecule has 0 saturated heterocycles. The lowest BCUT2D eigenvalue weighted by atomic mass is 10.1. The van der Waals surface area contributed by atoms with Crippen LogP contribution in [-0.4, -0.2) is 19.7 Å². The summed E-state index contributed by atoms with van der Waals surface area (Å²) >= 11 is 2.18. The molecular formula is C15H14IN5. The summed E-state index contributed by atoms with van der Waals surface area (Å²) in [5.74, 6) is 0.572. The Balaban J connectivity index is 1.75. The Bertz CT molecular complexity index is 708. The van der Waals surface area contributed by atoms with Crippen molar-refractivity contribution in [3.8, 4) is 0 Å². The zero-order valence-electron chi connectivity index (χ0n) is 11.4. The SMILES string of the molecule is CC(c1ccccc1)n1cc(Nc2ncc(I)cn2)cn1. The van der Waals surface area contributed by atoms with Crippen molar-refractivity contribution >= 4 is 34.2 Å². The van der Waals surface area contributed by atoms with Gasteiger partial charge in [-0.2, -0.15) is 5.10 Å². The minimum Gasteiger partial charge on any atom is -0.321 e. The van der Waals surface area contributed by atoms with E-state index in [9.17, 15) is 0 Å². The zero-order chi connectivity index (χ0) is 14.7. The molecule has 5 nitrogen and oxygen atoms in total. The van der Waals surface area contributed by atoms with Crippen LogP contribution in [0, 0.1) is 3.57 Å². The molecule has 0 saturated carbocycles. The molecule has 0 radical (unpaired) electrons. The number of nitrogens with zero attached hydrogens (tertiary/aromatic N) is 4. The summed E-state index contributed by atoms with van der Waals surface area (Å²) in [6.45, 7) is 2.12. The molecule has 2 heterocycles. The van der Waals surface area contributed by atoms with Crippen molar-refractivity contribution in [3.05, 3.63) is 64.3 Å². The molecule has 6 heteroatoms. The van der Waals surface area contributed by atoms with Gasteiger partial charge in [-0.15, -0.1) is 0 Å². The van der Waals surface area contributed by atoms with Gasteiger partial charge in [0.15, 0.2) is 0 Å². The van der Waals surface area contributed by atoms with Crippen LogP contribution >= 0.6 is 22.6 Å².